The molecule has 0 fully saturated rings. The smallest absolute Gasteiger partial charge is 0.228 e. The summed E-state index contributed by atoms with van der Waals surface area (Å²) >= 11 is 0. The Balaban J connectivity index is 1.54. The van der Waals surface area contributed by atoms with E-state index in [1.165, 1.54) is 5.56 Å². The number of methoxy groups -OCH3 is 1. The number of aryl methyl sites for hydroxylation is 1. The quantitative estimate of drug-likeness (QED) is 0.562. The molecule has 0 aliphatic carbocycles. The van der Waals surface area contributed by atoms with Crippen LogP contribution in [0, 0.1) is 6.92 Å². The van der Waals surface area contributed by atoms with Gasteiger partial charge in [0.2, 0.25) is 5.91 Å². The highest BCUT2D eigenvalue weighted by Crippen LogP contribution is 2.23. The molecule has 0 aliphatic rings. The van der Waals surface area contributed by atoms with Crippen molar-refractivity contribution in [3.63, 3.8) is 0 Å². The molecule has 0 aliphatic heterocycles. The Morgan fingerprint density at radius 1 is 1.11 bits per heavy atom. The predicted molar refractivity (Wildman–Crippen MR) is 111 cm³/mol. The molecule has 0 saturated carbocycles. The lowest BCUT2D eigenvalue weighted by atomic mass is 10.1. The number of rotatable bonds is 5. The maximum absolute atomic E-state index is 12.5. The maximum Gasteiger partial charge on any atom is 0.228 e. The van der Waals surface area contributed by atoms with E-state index in [-0.39, 0.29) is 12.3 Å². The molecule has 1 N–H and O–H groups in total. The van der Waals surface area contributed by atoms with Crippen LogP contribution in [0.2, 0.25) is 0 Å². The first kappa shape index (κ1) is 17.8. The summed E-state index contributed by atoms with van der Waals surface area (Å²) in [4.78, 5) is 17.2. The Kier molecular flexibility index (Phi) is 4.81. The number of nitrogens with zero attached hydrogens (tertiary/aromatic N) is 2. The van der Waals surface area contributed by atoms with Crippen LogP contribution >= 0.6 is 0 Å². The van der Waals surface area contributed by atoms with Crippen molar-refractivity contribution in [3.05, 3.63) is 84.2 Å². The van der Waals surface area contributed by atoms with E-state index in [0.29, 0.717) is 5.75 Å². The van der Waals surface area contributed by atoms with E-state index in [0.717, 1.165) is 28.2 Å². The summed E-state index contributed by atoms with van der Waals surface area (Å²) < 4.78 is 7.32. The van der Waals surface area contributed by atoms with E-state index in [1.807, 2.05) is 84.4 Å². The number of carbonyl (C=O) groups excluding carboxylic acids is 1. The number of anilines is 1. The molecular weight excluding hydrogens is 350 g/mol. The Morgan fingerprint density at radius 2 is 1.96 bits per heavy atom. The van der Waals surface area contributed by atoms with Crippen molar-refractivity contribution < 1.29 is 9.53 Å². The second kappa shape index (κ2) is 7.56. The van der Waals surface area contributed by atoms with E-state index in [4.69, 9.17) is 4.74 Å². The molecule has 0 bridgehead atoms. The fourth-order valence-electron chi connectivity index (χ4n) is 3.21. The molecule has 1 amide bonds. The van der Waals surface area contributed by atoms with Crippen LogP contribution < -0.4 is 10.1 Å². The third kappa shape index (κ3) is 3.74. The topological polar surface area (TPSA) is 55.6 Å². The highest BCUT2D eigenvalue weighted by molar-refractivity contribution is 5.93. The minimum Gasteiger partial charge on any atom is -0.496 e. The van der Waals surface area contributed by atoms with Crippen molar-refractivity contribution in [1.82, 2.24) is 9.38 Å². The van der Waals surface area contributed by atoms with Gasteiger partial charge in [0.25, 0.3) is 0 Å². The molecule has 2 heterocycles. The van der Waals surface area contributed by atoms with Crippen LogP contribution in [0.1, 0.15) is 11.1 Å². The Labute approximate surface area is 163 Å². The summed E-state index contributed by atoms with van der Waals surface area (Å²) in [5.41, 5.74) is 5.49. The fourth-order valence-corrected chi connectivity index (χ4v) is 3.21. The largest absolute Gasteiger partial charge is 0.496 e. The first-order chi connectivity index (χ1) is 13.6. The highest BCUT2D eigenvalue weighted by Gasteiger charge is 2.10. The standard InChI is InChI=1S/C23H21N3O2/c1-16-10-11-26-15-20(25-22(26)12-16)17-7-5-8-19(13-17)24-23(27)14-18-6-3-4-9-21(18)28-2/h3-13,15H,14H2,1-2H3,(H,24,27). The van der Waals surface area contributed by atoms with E-state index < -0.39 is 0 Å². The molecule has 2 aromatic carbocycles. The number of pyridine rings is 1. The SMILES string of the molecule is COc1ccccc1CC(=O)Nc1cccc(-c2cn3ccc(C)cc3n2)c1. The van der Waals surface area contributed by atoms with Gasteiger partial charge in [-0.15, -0.1) is 0 Å². The minimum atomic E-state index is -0.0905. The molecule has 2 aromatic heterocycles. The summed E-state index contributed by atoms with van der Waals surface area (Å²) in [6.07, 6.45) is 4.24. The zero-order chi connectivity index (χ0) is 19.5. The van der Waals surface area contributed by atoms with Crippen molar-refractivity contribution >= 4 is 17.2 Å². The van der Waals surface area contributed by atoms with Crippen LogP contribution in [0.25, 0.3) is 16.9 Å². The van der Waals surface area contributed by atoms with Gasteiger partial charge in [-0.05, 0) is 42.8 Å². The van der Waals surface area contributed by atoms with E-state index >= 15 is 0 Å². The number of carbonyl (C=O) groups is 1. The van der Waals surface area contributed by atoms with E-state index in [9.17, 15) is 4.79 Å². The Bertz CT molecular complexity index is 1150. The summed E-state index contributed by atoms with van der Waals surface area (Å²) in [5.74, 6) is 0.624. The van der Waals surface area contributed by atoms with E-state index in [1.54, 1.807) is 7.11 Å². The van der Waals surface area contributed by atoms with Gasteiger partial charge >= 0.3 is 0 Å². The number of fused-ring (bicyclic) bond motifs is 1. The molecule has 5 nitrogen and oxygen atoms in total. The number of ether oxygens (including phenoxy) is 1. The number of nitrogens with one attached hydrogen (secondary N) is 1. The van der Waals surface area contributed by atoms with Gasteiger partial charge < -0.3 is 14.5 Å². The van der Waals surface area contributed by atoms with Crippen LogP contribution in [0.3, 0.4) is 0 Å². The number of amides is 1. The molecule has 140 valence electrons. The van der Waals surface area contributed by atoms with Crippen molar-refractivity contribution in [3.8, 4) is 17.0 Å². The Hall–Kier alpha value is -3.60. The van der Waals surface area contributed by atoms with E-state index in [2.05, 4.69) is 10.3 Å². The average molecular weight is 371 g/mol. The van der Waals surface area contributed by atoms with Gasteiger partial charge in [0.05, 0.1) is 19.2 Å². The third-order valence-electron chi connectivity index (χ3n) is 4.60. The lowest BCUT2D eigenvalue weighted by Crippen LogP contribution is -2.14. The first-order valence-corrected chi connectivity index (χ1v) is 9.10. The molecule has 4 aromatic rings. The van der Waals surface area contributed by atoms with Crippen molar-refractivity contribution in [2.45, 2.75) is 13.3 Å². The zero-order valence-electron chi connectivity index (χ0n) is 15.8. The number of aromatic nitrogens is 2. The third-order valence-corrected chi connectivity index (χ3v) is 4.60. The molecule has 4 rings (SSSR count). The Morgan fingerprint density at radius 3 is 2.82 bits per heavy atom. The molecule has 0 atom stereocenters. The summed E-state index contributed by atoms with van der Waals surface area (Å²) in [6, 6.07) is 19.4. The normalized spacial score (nSPS) is 10.8. The van der Waals surface area contributed by atoms with Gasteiger partial charge in [0, 0.05) is 29.2 Å². The van der Waals surface area contributed by atoms with Gasteiger partial charge in [-0.25, -0.2) is 4.98 Å². The molecule has 28 heavy (non-hydrogen) atoms. The summed E-state index contributed by atoms with van der Waals surface area (Å²) in [5, 5.41) is 2.97. The van der Waals surface area contributed by atoms with Crippen LogP contribution in [0.4, 0.5) is 5.69 Å². The van der Waals surface area contributed by atoms with Gasteiger partial charge in [-0.2, -0.15) is 0 Å². The maximum atomic E-state index is 12.5. The van der Waals surface area contributed by atoms with Gasteiger partial charge in [-0.1, -0.05) is 30.3 Å². The fraction of sp³-hybridized carbons (Fsp3) is 0.130. The molecule has 0 radical (unpaired) electrons. The van der Waals surface area contributed by atoms with Gasteiger partial charge in [0.1, 0.15) is 11.4 Å². The second-order valence-corrected chi connectivity index (χ2v) is 6.71. The van der Waals surface area contributed by atoms with Crippen molar-refractivity contribution in [2.75, 3.05) is 12.4 Å². The molecule has 5 heteroatoms. The number of benzene rings is 2. The van der Waals surface area contributed by atoms with Crippen LogP contribution in [-0.2, 0) is 11.2 Å². The highest BCUT2D eigenvalue weighted by atomic mass is 16.5. The van der Waals surface area contributed by atoms with Crippen molar-refractivity contribution in [1.29, 1.82) is 0 Å². The lowest BCUT2D eigenvalue weighted by molar-refractivity contribution is -0.115. The number of imidazole rings is 1. The summed E-state index contributed by atoms with van der Waals surface area (Å²) in [7, 11) is 1.61. The van der Waals surface area contributed by atoms with Gasteiger partial charge in [-0.3, -0.25) is 4.79 Å². The zero-order valence-corrected chi connectivity index (χ0v) is 15.8. The second-order valence-electron chi connectivity index (χ2n) is 6.71. The van der Waals surface area contributed by atoms with Gasteiger partial charge in [0.15, 0.2) is 0 Å². The summed E-state index contributed by atoms with van der Waals surface area (Å²) in [6.45, 7) is 2.05. The van der Waals surface area contributed by atoms with Crippen LogP contribution in [-0.4, -0.2) is 22.4 Å². The minimum absolute atomic E-state index is 0.0905. The average Bonchev–Trinajstić information content (AvgIpc) is 3.12. The van der Waals surface area contributed by atoms with Crippen LogP contribution in [0.15, 0.2) is 73.1 Å². The lowest BCUT2D eigenvalue weighted by Gasteiger charge is -2.09. The predicted octanol–water partition coefficient (Wildman–Crippen LogP) is 4.50. The first-order valence-electron chi connectivity index (χ1n) is 9.10. The molecule has 0 spiro atoms. The van der Waals surface area contributed by atoms with Crippen molar-refractivity contribution in [2.24, 2.45) is 0 Å². The monoisotopic (exact) mass is 371 g/mol. The number of hydrogen-bond acceptors (Lipinski definition) is 3. The molecule has 0 unspecified atom stereocenters. The number of hydrogen-bond donors (Lipinski definition) is 1. The number of para-hydroxylation sites is 1. The molecular formula is C23H21N3O2. The van der Waals surface area contributed by atoms with Crippen LogP contribution in [0.5, 0.6) is 5.75 Å². The molecule has 0 saturated heterocycles.